The summed E-state index contributed by atoms with van der Waals surface area (Å²) in [7, 11) is 0. The summed E-state index contributed by atoms with van der Waals surface area (Å²) >= 11 is 3.20. The lowest BCUT2D eigenvalue weighted by Gasteiger charge is -2.25. The van der Waals surface area contributed by atoms with Crippen molar-refractivity contribution in [3.63, 3.8) is 0 Å². The lowest BCUT2D eigenvalue weighted by atomic mass is 9.92. The number of nitro groups is 1. The summed E-state index contributed by atoms with van der Waals surface area (Å²) < 4.78 is 13.8. The van der Waals surface area contributed by atoms with Crippen molar-refractivity contribution in [1.82, 2.24) is 4.57 Å². The third kappa shape index (κ3) is 3.24. The normalized spacial score (nSPS) is 14.0. The molecule has 5 rings (SSSR count). The van der Waals surface area contributed by atoms with Crippen molar-refractivity contribution in [2.45, 2.75) is 19.4 Å². The van der Waals surface area contributed by atoms with Gasteiger partial charge in [0.05, 0.1) is 28.3 Å². The summed E-state index contributed by atoms with van der Waals surface area (Å²) in [6, 6.07) is 12.6. The quantitative estimate of drug-likeness (QED) is 0.415. The first kappa shape index (κ1) is 20.3. The molecule has 2 aliphatic rings. The van der Waals surface area contributed by atoms with Crippen LogP contribution in [0, 0.1) is 26.9 Å². The van der Waals surface area contributed by atoms with Crippen LogP contribution in [0.5, 0.6) is 11.5 Å². The summed E-state index contributed by atoms with van der Waals surface area (Å²) in [5, 5.41) is 29.9. The zero-order valence-corrected chi connectivity index (χ0v) is 18.4. The van der Waals surface area contributed by atoms with E-state index in [0.29, 0.717) is 47.5 Å². The van der Waals surface area contributed by atoms with Crippen LogP contribution in [-0.4, -0.2) is 22.7 Å². The Morgan fingerprint density at radius 2 is 1.88 bits per heavy atom. The number of hydrogen-bond donors (Lipinski definition) is 1. The molecule has 0 spiro atoms. The van der Waals surface area contributed by atoms with E-state index in [1.165, 1.54) is 6.07 Å². The molecule has 0 saturated heterocycles. The van der Waals surface area contributed by atoms with E-state index in [1.807, 2.05) is 22.8 Å². The summed E-state index contributed by atoms with van der Waals surface area (Å²) in [6.07, 6.45) is 1.50. The van der Waals surface area contributed by atoms with Crippen LogP contribution in [0.3, 0.4) is 0 Å². The molecular formula is C23H17BrN4O4. The highest BCUT2D eigenvalue weighted by Gasteiger charge is 2.24. The number of ether oxygens (including phenoxy) is 2. The Balaban J connectivity index is 1.75. The minimum Gasteiger partial charge on any atom is -0.490 e. The molecule has 9 heteroatoms. The minimum absolute atomic E-state index is 0.0864. The van der Waals surface area contributed by atoms with Crippen molar-refractivity contribution in [3.05, 3.63) is 67.6 Å². The number of pyridine rings is 1. The summed E-state index contributed by atoms with van der Waals surface area (Å²) in [5.41, 5.74) is 3.92. The predicted octanol–water partition coefficient (Wildman–Crippen LogP) is 4.56. The van der Waals surface area contributed by atoms with Gasteiger partial charge in [-0.1, -0.05) is 6.07 Å². The summed E-state index contributed by atoms with van der Waals surface area (Å²) in [5.74, 6) is 1.38. The summed E-state index contributed by atoms with van der Waals surface area (Å²) in [6.45, 7) is 1.72. The molecule has 1 aromatic heterocycles. The monoisotopic (exact) mass is 492 g/mol. The van der Waals surface area contributed by atoms with Crippen LogP contribution in [0.15, 0.2) is 40.9 Å². The highest BCUT2D eigenvalue weighted by molar-refractivity contribution is 9.10. The molecule has 32 heavy (non-hydrogen) atoms. The molecule has 2 aliphatic heterocycles. The Bertz CT molecular complexity index is 1390. The number of rotatable bonds is 2. The molecule has 2 aromatic carbocycles. The Labute approximate surface area is 191 Å². The van der Waals surface area contributed by atoms with Crippen molar-refractivity contribution in [2.75, 3.05) is 13.2 Å². The van der Waals surface area contributed by atoms with Crippen molar-refractivity contribution in [1.29, 1.82) is 10.7 Å². The molecule has 0 amide bonds. The average molecular weight is 493 g/mol. The maximum Gasteiger partial charge on any atom is 0.284 e. The van der Waals surface area contributed by atoms with Crippen LogP contribution < -0.4 is 15.0 Å². The van der Waals surface area contributed by atoms with Gasteiger partial charge in [0.15, 0.2) is 11.5 Å². The molecule has 0 unspecified atom stereocenters. The van der Waals surface area contributed by atoms with Gasteiger partial charge in [-0.2, -0.15) is 5.26 Å². The first-order valence-corrected chi connectivity index (χ1v) is 10.9. The molecule has 0 radical (unpaired) electrons. The minimum atomic E-state index is -0.476. The average Bonchev–Trinajstić information content (AvgIpc) is 3.02. The molecule has 0 bridgehead atoms. The van der Waals surface area contributed by atoms with Gasteiger partial charge in [-0.15, -0.1) is 0 Å². The third-order valence-electron chi connectivity index (χ3n) is 5.77. The van der Waals surface area contributed by atoms with Gasteiger partial charge in [0.1, 0.15) is 17.1 Å². The Morgan fingerprint density at radius 3 is 2.59 bits per heavy atom. The molecule has 0 atom stereocenters. The Kier molecular flexibility index (Phi) is 4.94. The molecule has 0 saturated carbocycles. The van der Waals surface area contributed by atoms with Gasteiger partial charge in [-0.3, -0.25) is 15.5 Å². The maximum absolute atomic E-state index is 11.4. The van der Waals surface area contributed by atoms with Gasteiger partial charge in [0.2, 0.25) is 0 Å². The lowest BCUT2D eigenvalue weighted by Crippen LogP contribution is -2.28. The Hall–Kier alpha value is -3.64. The number of aryl methyl sites for hydroxylation is 1. The second-order valence-corrected chi connectivity index (χ2v) is 8.46. The van der Waals surface area contributed by atoms with Gasteiger partial charge < -0.3 is 14.0 Å². The largest absolute Gasteiger partial charge is 0.490 e. The third-order valence-corrected chi connectivity index (χ3v) is 6.44. The first-order chi connectivity index (χ1) is 15.5. The van der Waals surface area contributed by atoms with E-state index in [0.717, 1.165) is 29.0 Å². The number of hydrogen-bond acceptors (Lipinski definition) is 6. The number of nitrogens with zero attached hydrogens (tertiary/aromatic N) is 3. The van der Waals surface area contributed by atoms with Gasteiger partial charge in [-0.05, 0) is 57.7 Å². The van der Waals surface area contributed by atoms with Crippen LogP contribution in [-0.2, 0) is 13.0 Å². The van der Waals surface area contributed by atoms with Gasteiger partial charge in [-0.25, -0.2) is 0 Å². The van der Waals surface area contributed by atoms with E-state index in [-0.39, 0.29) is 16.7 Å². The zero-order valence-electron chi connectivity index (χ0n) is 16.9. The molecule has 3 aromatic rings. The highest BCUT2D eigenvalue weighted by atomic mass is 79.9. The van der Waals surface area contributed by atoms with Crippen LogP contribution in [0.1, 0.15) is 17.5 Å². The number of halogens is 1. The standard InChI is InChI=1S/C23H17BrN4O4/c24-18-3-2-13(8-20(18)28(29)30)15-10-19-16-11-22-21(31-6-1-7-32-22)9-14(16)4-5-27(19)23(26)17(15)12-25/h2-3,8-11,26H,1,4-7H2. The number of benzene rings is 2. The number of aromatic nitrogens is 1. The van der Waals surface area contributed by atoms with Crippen molar-refractivity contribution < 1.29 is 14.4 Å². The van der Waals surface area contributed by atoms with E-state index in [1.54, 1.807) is 12.1 Å². The van der Waals surface area contributed by atoms with E-state index in [4.69, 9.17) is 14.9 Å². The number of fused-ring (bicyclic) bond motifs is 4. The molecule has 3 heterocycles. The van der Waals surface area contributed by atoms with Crippen LogP contribution in [0.4, 0.5) is 5.69 Å². The highest BCUT2D eigenvalue weighted by Crippen LogP contribution is 2.41. The van der Waals surface area contributed by atoms with Crippen LogP contribution in [0.2, 0.25) is 0 Å². The SMILES string of the molecule is N#Cc1c(-c2ccc(Br)c([N+](=O)[O-])c2)cc2n(c1=N)CCc1cc3c(cc1-2)OCCCO3. The maximum atomic E-state index is 11.4. The fourth-order valence-electron chi connectivity index (χ4n) is 4.21. The fraction of sp³-hybridized carbons (Fsp3) is 0.217. The molecule has 160 valence electrons. The number of nitriles is 1. The summed E-state index contributed by atoms with van der Waals surface area (Å²) in [4.78, 5) is 11.0. The number of nitrogens with one attached hydrogen (secondary N) is 1. The van der Waals surface area contributed by atoms with Crippen molar-refractivity contribution in [3.8, 4) is 40.0 Å². The molecule has 8 nitrogen and oxygen atoms in total. The zero-order chi connectivity index (χ0) is 22.4. The Morgan fingerprint density at radius 1 is 1.12 bits per heavy atom. The first-order valence-electron chi connectivity index (χ1n) is 10.1. The van der Waals surface area contributed by atoms with E-state index < -0.39 is 4.92 Å². The van der Waals surface area contributed by atoms with Crippen molar-refractivity contribution >= 4 is 21.6 Å². The second kappa shape index (κ2) is 7.80. The smallest absolute Gasteiger partial charge is 0.284 e. The van der Waals surface area contributed by atoms with Crippen LogP contribution in [0.25, 0.3) is 22.4 Å². The molecule has 1 N–H and O–H groups in total. The van der Waals surface area contributed by atoms with E-state index in [9.17, 15) is 15.4 Å². The van der Waals surface area contributed by atoms with Gasteiger partial charge in [0, 0.05) is 30.2 Å². The fourth-order valence-corrected chi connectivity index (χ4v) is 4.61. The van der Waals surface area contributed by atoms with E-state index >= 15 is 0 Å². The van der Waals surface area contributed by atoms with Crippen molar-refractivity contribution in [2.24, 2.45) is 0 Å². The predicted molar refractivity (Wildman–Crippen MR) is 120 cm³/mol. The lowest BCUT2D eigenvalue weighted by molar-refractivity contribution is -0.385. The van der Waals surface area contributed by atoms with Gasteiger partial charge in [0.25, 0.3) is 5.69 Å². The number of nitro benzene ring substituents is 1. The van der Waals surface area contributed by atoms with Gasteiger partial charge >= 0.3 is 0 Å². The molecular weight excluding hydrogens is 476 g/mol. The second-order valence-electron chi connectivity index (χ2n) is 7.61. The molecule has 0 aliphatic carbocycles. The molecule has 0 fully saturated rings. The topological polar surface area (TPSA) is 114 Å². The van der Waals surface area contributed by atoms with Crippen LogP contribution >= 0.6 is 15.9 Å². The van der Waals surface area contributed by atoms with E-state index in [2.05, 4.69) is 22.0 Å².